The highest BCUT2D eigenvalue weighted by Gasteiger charge is 2.20. The number of carbonyl (C=O) groups is 1. The van der Waals surface area contributed by atoms with E-state index >= 15 is 0 Å². The average Bonchev–Trinajstić information content (AvgIpc) is 2.60. The molecule has 1 atom stereocenters. The Hall–Kier alpha value is -3.00. The standard InChI is InChI=1S/C20H23N3O2/c1-4-15-11-16(7-10-18(15)22-13(2)3)19(20(24)25)23-17-8-5-14(12-21)6-9-17/h5-11,13,19,22-23H,4H2,1-3H3,(H,24,25). The number of anilines is 2. The summed E-state index contributed by atoms with van der Waals surface area (Å²) in [6.45, 7) is 6.19. The third-order valence-corrected chi connectivity index (χ3v) is 3.86. The van der Waals surface area contributed by atoms with Gasteiger partial charge in [0, 0.05) is 17.4 Å². The lowest BCUT2D eigenvalue weighted by Crippen LogP contribution is -2.21. The number of rotatable bonds is 7. The zero-order valence-electron chi connectivity index (χ0n) is 14.7. The van der Waals surface area contributed by atoms with Gasteiger partial charge < -0.3 is 15.7 Å². The van der Waals surface area contributed by atoms with E-state index < -0.39 is 12.0 Å². The second-order valence-electron chi connectivity index (χ2n) is 6.17. The van der Waals surface area contributed by atoms with E-state index in [0.717, 1.165) is 17.7 Å². The van der Waals surface area contributed by atoms with Crippen LogP contribution < -0.4 is 10.6 Å². The first kappa shape index (κ1) is 18.3. The number of nitrogens with zero attached hydrogens (tertiary/aromatic N) is 1. The molecule has 0 amide bonds. The lowest BCUT2D eigenvalue weighted by Gasteiger charge is -2.20. The number of nitriles is 1. The summed E-state index contributed by atoms with van der Waals surface area (Å²) in [6, 6.07) is 13.9. The summed E-state index contributed by atoms with van der Waals surface area (Å²) < 4.78 is 0. The van der Waals surface area contributed by atoms with Gasteiger partial charge in [0.15, 0.2) is 6.04 Å². The number of hydrogen-bond donors (Lipinski definition) is 3. The minimum atomic E-state index is -0.948. The summed E-state index contributed by atoms with van der Waals surface area (Å²) in [5.41, 5.74) is 4.01. The largest absolute Gasteiger partial charge is 0.479 e. The van der Waals surface area contributed by atoms with Crippen LogP contribution in [0, 0.1) is 11.3 Å². The highest BCUT2D eigenvalue weighted by molar-refractivity contribution is 5.79. The molecule has 2 aromatic rings. The number of aliphatic carboxylic acids is 1. The third kappa shape index (κ3) is 4.74. The average molecular weight is 337 g/mol. The Morgan fingerprint density at radius 1 is 1.16 bits per heavy atom. The van der Waals surface area contributed by atoms with Gasteiger partial charge in [-0.15, -0.1) is 0 Å². The fourth-order valence-electron chi connectivity index (χ4n) is 2.63. The first-order valence-corrected chi connectivity index (χ1v) is 8.33. The molecule has 2 rings (SSSR count). The molecule has 0 aliphatic rings. The molecule has 25 heavy (non-hydrogen) atoms. The van der Waals surface area contributed by atoms with Crippen LogP contribution in [0.1, 0.15) is 43.5 Å². The molecule has 5 heteroatoms. The van der Waals surface area contributed by atoms with Crippen LogP contribution in [-0.2, 0) is 11.2 Å². The van der Waals surface area contributed by atoms with Gasteiger partial charge in [0.25, 0.3) is 0 Å². The van der Waals surface area contributed by atoms with Crippen LogP contribution in [-0.4, -0.2) is 17.1 Å². The predicted octanol–water partition coefficient (Wildman–Crippen LogP) is 4.18. The van der Waals surface area contributed by atoms with Crippen molar-refractivity contribution in [3.63, 3.8) is 0 Å². The van der Waals surface area contributed by atoms with Crippen LogP contribution >= 0.6 is 0 Å². The predicted molar refractivity (Wildman–Crippen MR) is 99.7 cm³/mol. The SMILES string of the molecule is CCc1cc(C(Nc2ccc(C#N)cc2)C(=O)O)ccc1NC(C)C. The molecular formula is C20H23N3O2. The van der Waals surface area contributed by atoms with Gasteiger partial charge in [-0.25, -0.2) is 4.79 Å². The molecule has 0 aromatic heterocycles. The molecule has 0 spiro atoms. The van der Waals surface area contributed by atoms with Crippen LogP contribution in [0.5, 0.6) is 0 Å². The van der Waals surface area contributed by atoms with Gasteiger partial charge >= 0.3 is 5.97 Å². The Labute approximate surface area is 148 Å². The molecule has 3 N–H and O–H groups in total. The zero-order valence-corrected chi connectivity index (χ0v) is 14.7. The van der Waals surface area contributed by atoms with Crippen LogP contribution in [0.4, 0.5) is 11.4 Å². The van der Waals surface area contributed by atoms with Crippen molar-refractivity contribution in [3.05, 3.63) is 59.2 Å². The lowest BCUT2D eigenvalue weighted by molar-refractivity contribution is -0.138. The molecule has 0 saturated carbocycles. The molecule has 0 aliphatic carbocycles. The third-order valence-electron chi connectivity index (χ3n) is 3.86. The van der Waals surface area contributed by atoms with Gasteiger partial charge in [0.05, 0.1) is 11.6 Å². The van der Waals surface area contributed by atoms with E-state index in [4.69, 9.17) is 5.26 Å². The van der Waals surface area contributed by atoms with Gasteiger partial charge in [0.2, 0.25) is 0 Å². The molecule has 0 heterocycles. The maximum absolute atomic E-state index is 11.8. The Kier molecular flexibility index (Phi) is 6.02. The first-order chi connectivity index (χ1) is 11.9. The topological polar surface area (TPSA) is 85.2 Å². The minimum absolute atomic E-state index is 0.309. The summed E-state index contributed by atoms with van der Waals surface area (Å²) >= 11 is 0. The van der Waals surface area contributed by atoms with Crippen molar-refractivity contribution in [1.82, 2.24) is 0 Å². The maximum atomic E-state index is 11.8. The number of aryl methyl sites for hydroxylation is 1. The maximum Gasteiger partial charge on any atom is 0.330 e. The summed E-state index contributed by atoms with van der Waals surface area (Å²) in [6.07, 6.45) is 0.812. The summed E-state index contributed by atoms with van der Waals surface area (Å²) in [4.78, 5) is 11.8. The first-order valence-electron chi connectivity index (χ1n) is 8.33. The van der Waals surface area contributed by atoms with Gasteiger partial charge in [-0.2, -0.15) is 5.26 Å². The normalized spacial score (nSPS) is 11.6. The smallest absolute Gasteiger partial charge is 0.330 e. The number of hydrogen-bond acceptors (Lipinski definition) is 4. The van der Waals surface area contributed by atoms with E-state index in [1.807, 2.05) is 24.3 Å². The van der Waals surface area contributed by atoms with Crippen molar-refractivity contribution in [2.75, 3.05) is 10.6 Å². The number of carboxylic acids is 1. The van der Waals surface area contributed by atoms with Crippen molar-refractivity contribution in [3.8, 4) is 6.07 Å². The highest BCUT2D eigenvalue weighted by Crippen LogP contribution is 2.26. The van der Waals surface area contributed by atoms with Gasteiger partial charge in [-0.3, -0.25) is 0 Å². The quantitative estimate of drug-likeness (QED) is 0.706. The fourth-order valence-corrected chi connectivity index (χ4v) is 2.63. The van der Waals surface area contributed by atoms with Crippen molar-refractivity contribution in [2.45, 2.75) is 39.3 Å². The van der Waals surface area contributed by atoms with Gasteiger partial charge in [-0.05, 0) is 61.7 Å². The molecule has 2 aromatic carbocycles. The Morgan fingerprint density at radius 2 is 1.84 bits per heavy atom. The Balaban J connectivity index is 2.30. The number of nitrogens with one attached hydrogen (secondary N) is 2. The molecule has 0 fully saturated rings. The molecule has 1 unspecified atom stereocenters. The van der Waals surface area contributed by atoms with Gasteiger partial charge in [-0.1, -0.05) is 19.1 Å². The lowest BCUT2D eigenvalue weighted by atomic mass is 10.00. The molecule has 0 radical (unpaired) electrons. The summed E-state index contributed by atoms with van der Waals surface area (Å²) in [7, 11) is 0. The van der Waals surface area contributed by atoms with Crippen molar-refractivity contribution in [1.29, 1.82) is 5.26 Å². The van der Waals surface area contributed by atoms with Crippen molar-refractivity contribution >= 4 is 17.3 Å². The van der Waals surface area contributed by atoms with E-state index in [9.17, 15) is 9.90 Å². The fraction of sp³-hybridized carbons (Fsp3) is 0.300. The van der Waals surface area contributed by atoms with Gasteiger partial charge in [0.1, 0.15) is 0 Å². The summed E-state index contributed by atoms with van der Waals surface area (Å²) in [5.74, 6) is -0.948. The Morgan fingerprint density at radius 3 is 2.36 bits per heavy atom. The molecule has 0 saturated heterocycles. The van der Waals surface area contributed by atoms with Crippen LogP contribution in [0.15, 0.2) is 42.5 Å². The van der Waals surface area contributed by atoms with Crippen molar-refractivity contribution < 1.29 is 9.90 Å². The van der Waals surface area contributed by atoms with Crippen LogP contribution in [0.2, 0.25) is 0 Å². The molecule has 130 valence electrons. The molecule has 5 nitrogen and oxygen atoms in total. The van der Waals surface area contributed by atoms with E-state index in [0.29, 0.717) is 22.9 Å². The Bertz CT molecular complexity index is 777. The second kappa shape index (κ2) is 8.20. The molecule has 0 bridgehead atoms. The van der Waals surface area contributed by atoms with Crippen LogP contribution in [0.3, 0.4) is 0 Å². The van der Waals surface area contributed by atoms with Crippen LogP contribution in [0.25, 0.3) is 0 Å². The highest BCUT2D eigenvalue weighted by atomic mass is 16.4. The van der Waals surface area contributed by atoms with Crippen molar-refractivity contribution in [2.24, 2.45) is 0 Å². The van der Waals surface area contributed by atoms with E-state index in [1.165, 1.54) is 0 Å². The van der Waals surface area contributed by atoms with E-state index in [2.05, 4.69) is 31.4 Å². The number of benzene rings is 2. The van der Waals surface area contributed by atoms with E-state index in [1.54, 1.807) is 24.3 Å². The monoisotopic (exact) mass is 337 g/mol. The molecule has 0 aliphatic heterocycles. The summed E-state index contributed by atoms with van der Waals surface area (Å²) in [5, 5.41) is 24.9. The zero-order chi connectivity index (χ0) is 18.4. The van der Waals surface area contributed by atoms with E-state index in [-0.39, 0.29) is 0 Å². The second-order valence-corrected chi connectivity index (χ2v) is 6.17. The number of carboxylic acid groups (broad SMARTS) is 1. The molecular weight excluding hydrogens is 314 g/mol. The minimum Gasteiger partial charge on any atom is -0.479 e.